The van der Waals surface area contributed by atoms with E-state index < -0.39 is 9.84 Å². The van der Waals surface area contributed by atoms with Crippen LogP contribution in [0, 0.1) is 11.3 Å². The molecule has 0 N–H and O–H groups in total. The maximum atomic E-state index is 12.9. The number of nitrogens with zero attached hydrogens (tertiary/aromatic N) is 1. The first-order chi connectivity index (χ1) is 11.9. The molecule has 0 saturated carbocycles. The standard InChI is InChI=1S/C19H11Br2NO2S/c20-15-8-9-18(21)19(11-15)25(23,24)16(12-22)10-14-6-3-5-13-4-1-2-7-17(13)14/h1-11H/b16-10-. The quantitative estimate of drug-likeness (QED) is 0.455. The van der Waals surface area contributed by atoms with E-state index in [1.54, 1.807) is 18.2 Å². The molecule has 124 valence electrons. The smallest absolute Gasteiger partial charge is 0.217 e. The third-order valence-electron chi connectivity index (χ3n) is 3.69. The van der Waals surface area contributed by atoms with Gasteiger partial charge in [-0.2, -0.15) is 5.26 Å². The number of allylic oxidation sites excluding steroid dienone is 1. The number of nitriles is 1. The zero-order valence-electron chi connectivity index (χ0n) is 12.8. The van der Waals surface area contributed by atoms with Gasteiger partial charge in [-0.3, -0.25) is 0 Å². The van der Waals surface area contributed by atoms with E-state index in [0.717, 1.165) is 10.8 Å². The molecule has 6 heteroatoms. The van der Waals surface area contributed by atoms with E-state index in [1.807, 2.05) is 42.5 Å². The molecule has 0 aromatic heterocycles. The Morgan fingerprint density at radius 3 is 2.48 bits per heavy atom. The lowest BCUT2D eigenvalue weighted by Gasteiger charge is -2.07. The molecule has 3 aromatic rings. The van der Waals surface area contributed by atoms with Crippen molar-refractivity contribution < 1.29 is 8.42 Å². The van der Waals surface area contributed by atoms with Crippen LogP contribution in [0.5, 0.6) is 0 Å². The van der Waals surface area contributed by atoms with E-state index in [4.69, 9.17) is 0 Å². The Balaban J connectivity index is 2.21. The van der Waals surface area contributed by atoms with Gasteiger partial charge in [0, 0.05) is 8.95 Å². The van der Waals surface area contributed by atoms with Crippen molar-refractivity contribution >= 4 is 58.5 Å². The Kier molecular flexibility index (Phi) is 5.09. The first kappa shape index (κ1) is 17.9. The average molecular weight is 477 g/mol. The molecule has 0 aliphatic heterocycles. The number of halogens is 2. The molecule has 0 heterocycles. The van der Waals surface area contributed by atoms with Gasteiger partial charge in [-0.05, 0) is 56.5 Å². The van der Waals surface area contributed by atoms with E-state index >= 15 is 0 Å². The lowest BCUT2D eigenvalue weighted by atomic mass is 10.0. The van der Waals surface area contributed by atoms with E-state index in [1.165, 1.54) is 12.1 Å². The van der Waals surface area contributed by atoms with Gasteiger partial charge in [0.2, 0.25) is 9.84 Å². The molecule has 3 aromatic carbocycles. The predicted molar refractivity (Wildman–Crippen MR) is 107 cm³/mol. The van der Waals surface area contributed by atoms with Crippen LogP contribution in [-0.2, 0) is 9.84 Å². The van der Waals surface area contributed by atoms with Crippen LogP contribution in [0.2, 0.25) is 0 Å². The summed E-state index contributed by atoms with van der Waals surface area (Å²) in [4.78, 5) is -0.252. The van der Waals surface area contributed by atoms with Gasteiger partial charge in [0.1, 0.15) is 11.0 Å². The second kappa shape index (κ2) is 7.12. The zero-order chi connectivity index (χ0) is 18.0. The summed E-state index contributed by atoms with van der Waals surface area (Å²) >= 11 is 6.52. The largest absolute Gasteiger partial charge is 0.218 e. The molecule has 3 rings (SSSR count). The van der Waals surface area contributed by atoms with Crippen LogP contribution in [0.15, 0.2) is 79.4 Å². The maximum absolute atomic E-state index is 12.9. The van der Waals surface area contributed by atoms with Crippen molar-refractivity contribution in [1.29, 1.82) is 5.26 Å². The summed E-state index contributed by atoms with van der Waals surface area (Å²) in [5, 5.41) is 11.4. The van der Waals surface area contributed by atoms with Crippen molar-refractivity contribution in [1.82, 2.24) is 0 Å². The predicted octanol–water partition coefficient (Wildman–Crippen LogP) is 5.70. The Bertz CT molecular complexity index is 1140. The number of benzene rings is 3. The van der Waals surface area contributed by atoms with Crippen molar-refractivity contribution in [2.24, 2.45) is 0 Å². The van der Waals surface area contributed by atoms with Gasteiger partial charge in [0.05, 0.1) is 4.90 Å². The molecule has 0 atom stereocenters. The molecule has 0 amide bonds. The van der Waals surface area contributed by atoms with Crippen molar-refractivity contribution in [2.75, 3.05) is 0 Å². The maximum Gasteiger partial charge on any atom is 0.217 e. The summed E-state index contributed by atoms with van der Waals surface area (Å²) in [6.07, 6.45) is 1.42. The van der Waals surface area contributed by atoms with Gasteiger partial charge in [-0.15, -0.1) is 0 Å². The summed E-state index contributed by atoms with van der Waals surface area (Å²) in [6, 6.07) is 19.9. The van der Waals surface area contributed by atoms with Crippen LogP contribution in [-0.4, -0.2) is 8.42 Å². The summed E-state index contributed by atoms with van der Waals surface area (Å²) in [5.41, 5.74) is 0.685. The molecule has 0 fully saturated rings. The van der Waals surface area contributed by atoms with E-state index in [2.05, 4.69) is 31.9 Å². The Morgan fingerprint density at radius 1 is 1.00 bits per heavy atom. The number of fused-ring (bicyclic) bond motifs is 1. The van der Waals surface area contributed by atoms with Crippen LogP contribution in [0.4, 0.5) is 0 Å². The fraction of sp³-hybridized carbons (Fsp3) is 0. The summed E-state index contributed by atoms with van der Waals surface area (Å²) in [6.45, 7) is 0. The fourth-order valence-corrected chi connectivity index (χ4v) is 5.13. The van der Waals surface area contributed by atoms with E-state index in [-0.39, 0.29) is 9.80 Å². The summed E-state index contributed by atoms with van der Waals surface area (Å²) in [5.74, 6) is 0. The normalized spacial score (nSPS) is 12.1. The van der Waals surface area contributed by atoms with Crippen molar-refractivity contribution in [3.05, 3.63) is 80.1 Å². The third kappa shape index (κ3) is 3.54. The topological polar surface area (TPSA) is 57.9 Å². The highest BCUT2D eigenvalue weighted by atomic mass is 79.9. The summed E-state index contributed by atoms with van der Waals surface area (Å²) in [7, 11) is -3.95. The SMILES string of the molecule is N#C/C(=C/c1cccc2ccccc12)S(=O)(=O)c1cc(Br)ccc1Br. The molecule has 0 spiro atoms. The van der Waals surface area contributed by atoms with Gasteiger partial charge in [-0.1, -0.05) is 58.4 Å². The summed E-state index contributed by atoms with van der Waals surface area (Å²) < 4.78 is 26.9. The first-order valence-corrected chi connectivity index (χ1v) is 10.3. The van der Waals surface area contributed by atoms with Crippen molar-refractivity contribution in [3.63, 3.8) is 0 Å². The average Bonchev–Trinajstić information content (AvgIpc) is 2.61. The highest BCUT2D eigenvalue weighted by Gasteiger charge is 2.24. The number of rotatable bonds is 3. The van der Waals surface area contributed by atoms with E-state index in [0.29, 0.717) is 14.5 Å². The molecule has 0 radical (unpaired) electrons. The first-order valence-electron chi connectivity index (χ1n) is 7.23. The minimum atomic E-state index is -3.95. The lowest BCUT2D eigenvalue weighted by Crippen LogP contribution is -2.04. The monoisotopic (exact) mass is 475 g/mol. The number of sulfone groups is 1. The van der Waals surface area contributed by atoms with Crippen LogP contribution < -0.4 is 0 Å². The Hall–Kier alpha value is -1.94. The fourth-order valence-electron chi connectivity index (χ4n) is 2.49. The zero-order valence-corrected chi connectivity index (χ0v) is 16.8. The highest BCUT2D eigenvalue weighted by Crippen LogP contribution is 2.31. The third-order valence-corrected chi connectivity index (χ3v) is 6.84. The molecular weight excluding hydrogens is 466 g/mol. The van der Waals surface area contributed by atoms with Crippen LogP contribution in [0.1, 0.15) is 5.56 Å². The van der Waals surface area contributed by atoms with Gasteiger partial charge in [0.15, 0.2) is 0 Å². The lowest BCUT2D eigenvalue weighted by molar-refractivity contribution is 0.603. The van der Waals surface area contributed by atoms with Crippen LogP contribution in [0.25, 0.3) is 16.8 Å². The Morgan fingerprint density at radius 2 is 1.72 bits per heavy atom. The highest BCUT2D eigenvalue weighted by molar-refractivity contribution is 9.11. The molecular formula is C19H11Br2NO2S. The van der Waals surface area contributed by atoms with E-state index in [9.17, 15) is 13.7 Å². The van der Waals surface area contributed by atoms with Crippen molar-refractivity contribution in [3.8, 4) is 6.07 Å². The molecule has 0 aliphatic carbocycles. The second-order valence-electron chi connectivity index (χ2n) is 5.27. The minimum absolute atomic E-state index is 0.0508. The molecule has 25 heavy (non-hydrogen) atoms. The number of hydrogen-bond donors (Lipinski definition) is 0. The van der Waals surface area contributed by atoms with Gasteiger partial charge in [0.25, 0.3) is 0 Å². The van der Waals surface area contributed by atoms with Crippen LogP contribution in [0.3, 0.4) is 0 Å². The molecule has 0 saturated heterocycles. The molecule has 0 bridgehead atoms. The van der Waals surface area contributed by atoms with Gasteiger partial charge < -0.3 is 0 Å². The molecule has 0 aliphatic rings. The van der Waals surface area contributed by atoms with Crippen molar-refractivity contribution in [2.45, 2.75) is 4.90 Å². The number of hydrogen-bond acceptors (Lipinski definition) is 3. The second-order valence-corrected chi connectivity index (χ2v) is 8.92. The van der Waals surface area contributed by atoms with Gasteiger partial charge >= 0.3 is 0 Å². The Labute approximate surface area is 162 Å². The van der Waals surface area contributed by atoms with Gasteiger partial charge in [-0.25, -0.2) is 8.42 Å². The molecule has 0 unspecified atom stereocenters. The van der Waals surface area contributed by atoms with Crippen LogP contribution >= 0.6 is 31.9 Å². The minimum Gasteiger partial charge on any atom is -0.218 e. The molecule has 3 nitrogen and oxygen atoms in total.